The number of amides is 2. The fourth-order valence-electron chi connectivity index (χ4n) is 5.29. The first kappa shape index (κ1) is 31.7. The molecule has 2 amide bonds. The predicted molar refractivity (Wildman–Crippen MR) is 166 cm³/mol. The van der Waals surface area contributed by atoms with E-state index >= 15 is 0 Å². The normalized spacial score (nSPS) is 16.9. The number of carbonyl (C=O) groups is 2. The SMILES string of the molecule is Cc1cc(CN=C/C(=C\N)NC(=O)[C@@H](NC(=O)c2ccnn2C(C)C)C(C2CC2)C2CC2)n(COCC[Si](C)(C)C)n1. The van der Waals surface area contributed by atoms with Crippen molar-refractivity contribution in [2.75, 3.05) is 6.61 Å². The summed E-state index contributed by atoms with van der Waals surface area (Å²) >= 11 is 0. The van der Waals surface area contributed by atoms with Crippen LogP contribution < -0.4 is 16.4 Å². The summed E-state index contributed by atoms with van der Waals surface area (Å²) in [5.74, 6) is 0.412. The van der Waals surface area contributed by atoms with Gasteiger partial charge >= 0.3 is 0 Å². The van der Waals surface area contributed by atoms with Gasteiger partial charge in [0.2, 0.25) is 5.91 Å². The number of aryl methyl sites for hydroxylation is 1. The Balaban J connectivity index is 1.41. The van der Waals surface area contributed by atoms with Gasteiger partial charge in [-0.2, -0.15) is 10.2 Å². The average Bonchev–Trinajstić information content (AvgIpc) is 3.85. The number of ether oxygens (including phenoxy) is 1. The number of aromatic nitrogens is 4. The van der Waals surface area contributed by atoms with E-state index in [2.05, 4.69) is 45.5 Å². The van der Waals surface area contributed by atoms with Crippen LogP contribution in [-0.2, 0) is 22.8 Å². The van der Waals surface area contributed by atoms with Crippen molar-refractivity contribution in [2.45, 2.75) is 97.5 Å². The molecule has 2 aromatic rings. The second-order valence-corrected chi connectivity index (χ2v) is 18.8. The number of hydrogen-bond acceptors (Lipinski definition) is 7. The zero-order valence-corrected chi connectivity index (χ0v) is 27.0. The first-order valence-electron chi connectivity index (χ1n) is 15.1. The summed E-state index contributed by atoms with van der Waals surface area (Å²) in [5.41, 5.74) is 8.53. The van der Waals surface area contributed by atoms with Gasteiger partial charge in [0.05, 0.1) is 23.6 Å². The Morgan fingerprint density at radius 3 is 2.50 bits per heavy atom. The maximum absolute atomic E-state index is 13.7. The van der Waals surface area contributed by atoms with Crippen LogP contribution in [0.15, 0.2) is 35.2 Å². The van der Waals surface area contributed by atoms with E-state index in [0.717, 1.165) is 43.1 Å². The molecule has 2 heterocycles. The highest BCUT2D eigenvalue weighted by Gasteiger charge is 2.48. The van der Waals surface area contributed by atoms with Crippen molar-refractivity contribution in [3.8, 4) is 0 Å². The molecule has 230 valence electrons. The third-order valence-corrected chi connectivity index (χ3v) is 9.51. The van der Waals surface area contributed by atoms with E-state index in [-0.39, 0.29) is 23.8 Å². The van der Waals surface area contributed by atoms with Gasteiger partial charge in [-0.05, 0) is 82.4 Å². The van der Waals surface area contributed by atoms with Crippen molar-refractivity contribution in [1.29, 1.82) is 0 Å². The number of aliphatic imine (C=N–C) groups is 1. The Bertz CT molecular complexity index is 1270. The molecule has 2 saturated carbocycles. The number of rotatable bonds is 16. The molecule has 4 rings (SSSR count). The summed E-state index contributed by atoms with van der Waals surface area (Å²) < 4.78 is 9.38. The summed E-state index contributed by atoms with van der Waals surface area (Å²) in [7, 11) is -1.16. The van der Waals surface area contributed by atoms with Gasteiger partial charge in [0.25, 0.3) is 5.91 Å². The number of nitrogens with one attached hydrogen (secondary N) is 2. The molecule has 12 heteroatoms. The molecule has 0 aliphatic heterocycles. The molecule has 2 aliphatic carbocycles. The minimum atomic E-state index is -1.16. The summed E-state index contributed by atoms with van der Waals surface area (Å²) in [4.78, 5) is 31.6. The van der Waals surface area contributed by atoms with Crippen LogP contribution in [0.4, 0.5) is 0 Å². The molecule has 0 radical (unpaired) electrons. The van der Waals surface area contributed by atoms with Crippen molar-refractivity contribution in [3.05, 3.63) is 47.3 Å². The Morgan fingerprint density at radius 2 is 1.90 bits per heavy atom. The molecule has 2 aliphatic rings. The van der Waals surface area contributed by atoms with Crippen molar-refractivity contribution in [1.82, 2.24) is 30.2 Å². The summed E-state index contributed by atoms with van der Waals surface area (Å²) in [6, 6.07) is 4.11. The number of nitrogens with zero attached hydrogens (tertiary/aromatic N) is 5. The average molecular weight is 597 g/mol. The summed E-state index contributed by atoms with van der Waals surface area (Å²) in [6.45, 7) is 14.3. The second-order valence-electron chi connectivity index (χ2n) is 13.2. The Kier molecular flexibility index (Phi) is 10.4. The van der Waals surface area contributed by atoms with Crippen LogP contribution in [0.1, 0.15) is 67.4 Å². The molecule has 1 atom stereocenters. The van der Waals surface area contributed by atoms with Crippen LogP contribution in [0.25, 0.3) is 0 Å². The first-order chi connectivity index (χ1) is 20.0. The van der Waals surface area contributed by atoms with E-state index in [0.29, 0.717) is 43.1 Å². The molecule has 0 aromatic carbocycles. The summed E-state index contributed by atoms with van der Waals surface area (Å²) in [6.07, 6.45) is 8.84. The van der Waals surface area contributed by atoms with Gasteiger partial charge in [0.1, 0.15) is 18.5 Å². The monoisotopic (exact) mass is 596 g/mol. The van der Waals surface area contributed by atoms with Crippen molar-refractivity contribution in [3.63, 3.8) is 0 Å². The lowest BCUT2D eigenvalue weighted by molar-refractivity contribution is -0.123. The lowest BCUT2D eigenvalue weighted by Gasteiger charge is -2.27. The van der Waals surface area contributed by atoms with Crippen molar-refractivity contribution < 1.29 is 14.3 Å². The maximum Gasteiger partial charge on any atom is 0.270 e. The summed E-state index contributed by atoms with van der Waals surface area (Å²) in [5, 5.41) is 14.8. The van der Waals surface area contributed by atoms with Gasteiger partial charge in [-0.25, -0.2) is 4.68 Å². The second kappa shape index (κ2) is 13.8. The molecule has 0 unspecified atom stereocenters. The molecule has 2 fully saturated rings. The van der Waals surface area contributed by atoms with Crippen LogP contribution in [0.3, 0.4) is 0 Å². The van der Waals surface area contributed by atoms with Gasteiger partial charge in [-0.3, -0.25) is 19.3 Å². The predicted octanol–water partition coefficient (Wildman–Crippen LogP) is 4.00. The van der Waals surface area contributed by atoms with E-state index in [1.54, 1.807) is 23.2 Å². The minimum Gasteiger partial charge on any atom is -0.403 e. The van der Waals surface area contributed by atoms with Gasteiger partial charge in [-0.1, -0.05) is 19.6 Å². The molecule has 0 bridgehead atoms. The first-order valence-corrected chi connectivity index (χ1v) is 18.9. The highest BCUT2D eigenvalue weighted by Crippen LogP contribution is 2.50. The zero-order chi connectivity index (χ0) is 30.4. The number of allylic oxidation sites excluding steroid dienone is 1. The quantitative estimate of drug-likeness (QED) is 0.152. The highest BCUT2D eigenvalue weighted by atomic mass is 28.3. The van der Waals surface area contributed by atoms with Crippen LogP contribution >= 0.6 is 0 Å². The van der Waals surface area contributed by atoms with Crippen LogP contribution in [-0.4, -0.2) is 58.3 Å². The molecule has 11 nitrogen and oxygen atoms in total. The molecule has 42 heavy (non-hydrogen) atoms. The molecular weight excluding hydrogens is 548 g/mol. The standard InChI is InChI=1S/C30H48N8O3Si/c1-20(2)38-26(11-12-33-38)29(39)35-28(27(22-7-8-22)23-9-10-23)30(40)34-24(16-31)17-32-18-25-15-21(3)36-37(25)19-41-13-14-42(4,5)6/h11-12,15-17,20,22-23,27-28H,7-10,13-14,18-19,31H2,1-6H3,(H,34,40)(H,35,39)/b24-16+,32-17?/t28-/m0/s1. The van der Waals surface area contributed by atoms with E-state index in [4.69, 9.17) is 10.5 Å². The minimum absolute atomic E-state index is 0.0236. The largest absolute Gasteiger partial charge is 0.403 e. The van der Waals surface area contributed by atoms with E-state index in [1.165, 1.54) is 6.20 Å². The van der Waals surface area contributed by atoms with Gasteiger partial charge in [0, 0.05) is 39.3 Å². The van der Waals surface area contributed by atoms with Gasteiger partial charge in [0.15, 0.2) is 0 Å². The van der Waals surface area contributed by atoms with E-state index < -0.39 is 14.1 Å². The molecule has 0 spiro atoms. The van der Waals surface area contributed by atoms with Crippen LogP contribution in [0.5, 0.6) is 0 Å². The molecule has 4 N–H and O–H groups in total. The van der Waals surface area contributed by atoms with Gasteiger partial charge in [-0.15, -0.1) is 0 Å². The third kappa shape index (κ3) is 8.87. The zero-order valence-electron chi connectivity index (χ0n) is 26.0. The van der Waals surface area contributed by atoms with E-state index in [1.807, 2.05) is 31.5 Å². The fourth-order valence-corrected chi connectivity index (χ4v) is 6.05. The van der Waals surface area contributed by atoms with Crippen molar-refractivity contribution >= 4 is 26.1 Å². The van der Waals surface area contributed by atoms with E-state index in [9.17, 15) is 9.59 Å². The van der Waals surface area contributed by atoms with Crippen LogP contribution in [0.2, 0.25) is 25.7 Å². The molecular formula is C30H48N8O3Si. The van der Waals surface area contributed by atoms with Gasteiger partial charge < -0.3 is 21.1 Å². The Labute approximate surface area is 250 Å². The maximum atomic E-state index is 13.7. The Hall–Kier alpha value is -3.25. The lowest BCUT2D eigenvalue weighted by Crippen LogP contribution is -2.52. The lowest BCUT2D eigenvalue weighted by atomic mass is 9.88. The van der Waals surface area contributed by atoms with Crippen molar-refractivity contribution in [2.24, 2.45) is 28.5 Å². The number of carbonyl (C=O) groups excluding carboxylic acids is 2. The third-order valence-electron chi connectivity index (χ3n) is 7.80. The topological polar surface area (TPSA) is 141 Å². The highest BCUT2D eigenvalue weighted by molar-refractivity contribution is 6.76. The number of nitrogens with two attached hydrogens (primary N) is 1. The number of hydrogen-bond donors (Lipinski definition) is 3. The smallest absolute Gasteiger partial charge is 0.270 e. The Morgan fingerprint density at radius 1 is 1.21 bits per heavy atom. The fraction of sp³-hybridized carbons (Fsp3) is 0.633. The van der Waals surface area contributed by atoms with Crippen LogP contribution in [0, 0.1) is 24.7 Å². The molecule has 2 aromatic heterocycles. The molecule has 0 saturated heterocycles.